The van der Waals surface area contributed by atoms with Gasteiger partial charge >= 0.3 is 0 Å². The lowest BCUT2D eigenvalue weighted by molar-refractivity contribution is 0.412. The monoisotopic (exact) mass is 210 g/mol. The van der Waals surface area contributed by atoms with Gasteiger partial charge in [0.05, 0.1) is 7.11 Å². The van der Waals surface area contributed by atoms with Crippen LogP contribution in [0.15, 0.2) is 18.2 Å². The molecule has 0 aliphatic heterocycles. The van der Waals surface area contributed by atoms with Crippen molar-refractivity contribution in [2.24, 2.45) is 5.92 Å². The summed E-state index contributed by atoms with van der Waals surface area (Å²) in [5.41, 5.74) is 2.88. The SMILES string of the molecule is COc1ccc2c(c1)CC(CCl)CC2. The lowest BCUT2D eigenvalue weighted by Crippen LogP contribution is -2.15. The smallest absolute Gasteiger partial charge is 0.119 e. The molecular formula is C12H15ClO. The molecule has 1 aromatic carbocycles. The molecule has 2 heteroatoms. The van der Waals surface area contributed by atoms with E-state index in [0.717, 1.165) is 24.5 Å². The highest BCUT2D eigenvalue weighted by molar-refractivity contribution is 6.18. The van der Waals surface area contributed by atoms with E-state index in [4.69, 9.17) is 16.3 Å². The molecular weight excluding hydrogens is 196 g/mol. The van der Waals surface area contributed by atoms with Crippen LogP contribution in [0.3, 0.4) is 0 Å². The summed E-state index contributed by atoms with van der Waals surface area (Å²) in [6.07, 6.45) is 3.50. The highest BCUT2D eigenvalue weighted by Crippen LogP contribution is 2.28. The van der Waals surface area contributed by atoms with Crippen LogP contribution in [0.5, 0.6) is 5.75 Å². The quantitative estimate of drug-likeness (QED) is 0.682. The first-order valence-electron chi connectivity index (χ1n) is 5.05. The fourth-order valence-corrected chi connectivity index (χ4v) is 2.33. The van der Waals surface area contributed by atoms with E-state index in [9.17, 15) is 0 Å². The summed E-state index contributed by atoms with van der Waals surface area (Å²) in [4.78, 5) is 0. The zero-order chi connectivity index (χ0) is 9.97. The van der Waals surface area contributed by atoms with E-state index in [2.05, 4.69) is 12.1 Å². The molecule has 2 rings (SSSR count). The molecule has 0 spiro atoms. The van der Waals surface area contributed by atoms with Gasteiger partial charge in [-0.1, -0.05) is 6.07 Å². The van der Waals surface area contributed by atoms with Gasteiger partial charge in [0, 0.05) is 5.88 Å². The van der Waals surface area contributed by atoms with Gasteiger partial charge in [0.2, 0.25) is 0 Å². The second-order valence-corrected chi connectivity index (χ2v) is 4.21. The molecule has 1 aromatic rings. The van der Waals surface area contributed by atoms with Crippen molar-refractivity contribution in [3.8, 4) is 5.75 Å². The van der Waals surface area contributed by atoms with Gasteiger partial charge in [0.25, 0.3) is 0 Å². The first-order chi connectivity index (χ1) is 6.83. The maximum absolute atomic E-state index is 5.89. The topological polar surface area (TPSA) is 9.23 Å². The molecule has 0 aromatic heterocycles. The lowest BCUT2D eigenvalue weighted by Gasteiger charge is -2.23. The standard InChI is InChI=1S/C12H15ClO/c1-14-12-5-4-10-3-2-9(8-13)6-11(10)7-12/h4-5,7,9H,2-3,6,8H2,1H3. The molecule has 0 radical (unpaired) electrons. The highest BCUT2D eigenvalue weighted by atomic mass is 35.5. The van der Waals surface area contributed by atoms with Gasteiger partial charge in [0.1, 0.15) is 5.75 Å². The van der Waals surface area contributed by atoms with Crippen LogP contribution in [0.1, 0.15) is 17.5 Å². The van der Waals surface area contributed by atoms with Gasteiger partial charge in [-0.15, -0.1) is 11.6 Å². The normalized spacial score (nSPS) is 20.3. The van der Waals surface area contributed by atoms with Crippen molar-refractivity contribution in [3.05, 3.63) is 29.3 Å². The first kappa shape index (κ1) is 9.85. The summed E-state index contributed by atoms with van der Waals surface area (Å²) < 4.78 is 5.22. The predicted octanol–water partition coefficient (Wildman–Crippen LogP) is 3.04. The Morgan fingerprint density at radius 3 is 3.00 bits per heavy atom. The van der Waals surface area contributed by atoms with E-state index in [-0.39, 0.29) is 0 Å². The van der Waals surface area contributed by atoms with Gasteiger partial charge < -0.3 is 4.74 Å². The van der Waals surface area contributed by atoms with Crippen molar-refractivity contribution in [1.29, 1.82) is 0 Å². The van der Waals surface area contributed by atoms with Crippen LogP contribution in [0.25, 0.3) is 0 Å². The predicted molar refractivity (Wildman–Crippen MR) is 59.2 cm³/mol. The minimum atomic E-state index is 0.649. The van der Waals surface area contributed by atoms with Gasteiger partial charge in [-0.2, -0.15) is 0 Å². The fraction of sp³-hybridized carbons (Fsp3) is 0.500. The second-order valence-electron chi connectivity index (χ2n) is 3.90. The van der Waals surface area contributed by atoms with Gasteiger partial charge in [-0.25, -0.2) is 0 Å². The van der Waals surface area contributed by atoms with E-state index in [0.29, 0.717) is 5.92 Å². The summed E-state index contributed by atoms with van der Waals surface area (Å²) in [6, 6.07) is 6.37. The van der Waals surface area contributed by atoms with E-state index >= 15 is 0 Å². The summed E-state index contributed by atoms with van der Waals surface area (Å²) >= 11 is 5.89. The molecule has 1 unspecified atom stereocenters. The molecule has 1 nitrogen and oxygen atoms in total. The maximum atomic E-state index is 5.89. The van der Waals surface area contributed by atoms with Crippen molar-refractivity contribution in [3.63, 3.8) is 0 Å². The highest BCUT2D eigenvalue weighted by Gasteiger charge is 2.17. The molecule has 1 aliphatic rings. The third kappa shape index (κ3) is 1.88. The lowest BCUT2D eigenvalue weighted by atomic mass is 9.85. The molecule has 0 amide bonds. The van der Waals surface area contributed by atoms with Crippen LogP contribution in [0.2, 0.25) is 0 Å². The number of methoxy groups -OCH3 is 1. The van der Waals surface area contributed by atoms with Crippen molar-refractivity contribution in [1.82, 2.24) is 0 Å². The zero-order valence-corrected chi connectivity index (χ0v) is 9.18. The molecule has 0 bridgehead atoms. The number of benzene rings is 1. The van der Waals surface area contributed by atoms with Crippen LogP contribution in [-0.2, 0) is 12.8 Å². The Bertz CT molecular complexity index is 322. The third-order valence-electron chi connectivity index (χ3n) is 2.96. The van der Waals surface area contributed by atoms with Gasteiger partial charge in [0.15, 0.2) is 0 Å². The molecule has 76 valence electrons. The van der Waals surface area contributed by atoms with E-state index < -0.39 is 0 Å². The number of halogens is 1. The molecule has 0 heterocycles. The van der Waals surface area contributed by atoms with Gasteiger partial charge in [-0.05, 0) is 48.4 Å². The fourth-order valence-electron chi connectivity index (χ4n) is 2.07. The minimum Gasteiger partial charge on any atom is -0.497 e. The summed E-state index contributed by atoms with van der Waals surface area (Å²) in [6.45, 7) is 0. The number of fused-ring (bicyclic) bond motifs is 1. The van der Waals surface area contributed by atoms with E-state index in [1.54, 1.807) is 7.11 Å². The largest absolute Gasteiger partial charge is 0.497 e. The molecule has 1 atom stereocenters. The Labute approximate surface area is 90.0 Å². The van der Waals surface area contributed by atoms with Crippen LogP contribution in [0, 0.1) is 5.92 Å². The molecule has 0 fully saturated rings. The van der Waals surface area contributed by atoms with Crippen molar-refractivity contribution >= 4 is 11.6 Å². The molecule has 1 aliphatic carbocycles. The number of rotatable bonds is 2. The zero-order valence-electron chi connectivity index (χ0n) is 8.42. The second kappa shape index (κ2) is 4.22. The Morgan fingerprint density at radius 1 is 1.43 bits per heavy atom. The summed E-state index contributed by atoms with van der Waals surface area (Å²) in [7, 11) is 1.71. The van der Waals surface area contributed by atoms with Crippen LogP contribution in [-0.4, -0.2) is 13.0 Å². The Kier molecular flexibility index (Phi) is 2.97. The molecule has 0 N–H and O–H groups in total. The van der Waals surface area contributed by atoms with E-state index in [1.807, 2.05) is 6.07 Å². The summed E-state index contributed by atoms with van der Waals surface area (Å²) in [5.74, 6) is 2.38. The van der Waals surface area contributed by atoms with Crippen LogP contribution < -0.4 is 4.74 Å². The molecule has 0 saturated heterocycles. The van der Waals surface area contributed by atoms with Crippen LogP contribution in [0.4, 0.5) is 0 Å². The van der Waals surface area contributed by atoms with Crippen LogP contribution >= 0.6 is 11.6 Å². The Morgan fingerprint density at radius 2 is 2.29 bits per heavy atom. The first-order valence-corrected chi connectivity index (χ1v) is 5.58. The third-order valence-corrected chi connectivity index (χ3v) is 3.40. The average molecular weight is 211 g/mol. The summed E-state index contributed by atoms with van der Waals surface area (Å²) in [5, 5.41) is 0. The Balaban J connectivity index is 2.25. The number of hydrogen-bond donors (Lipinski definition) is 0. The van der Waals surface area contributed by atoms with Crippen molar-refractivity contribution in [2.75, 3.05) is 13.0 Å². The number of ether oxygens (including phenoxy) is 1. The number of aryl methyl sites for hydroxylation is 1. The van der Waals surface area contributed by atoms with Crippen molar-refractivity contribution in [2.45, 2.75) is 19.3 Å². The minimum absolute atomic E-state index is 0.649. The van der Waals surface area contributed by atoms with Crippen molar-refractivity contribution < 1.29 is 4.74 Å². The number of hydrogen-bond acceptors (Lipinski definition) is 1. The van der Waals surface area contributed by atoms with Gasteiger partial charge in [-0.3, -0.25) is 0 Å². The Hall–Kier alpha value is -0.690. The van der Waals surface area contributed by atoms with E-state index in [1.165, 1.54) is 17.5 Å². The molecule has 0 saturated carbocycles. The molecule has 14 heavy (non-hydrogen) atoms. The average Bonchev–Trinajstić information content (AvgIpc) is 2.27. The maximum Gasteiger partial charge on any atom is 0.119 e. The number of alkyl halides is 1.